The molecule has 0 spiro atoms. The zero-order valence-corrected chi connectivity index (χ0v) is 13.3. The molecule has 0 radical (unpaired) electrons. The van der Waals surface area contributed by atoms with Crippen LogP contribution in [-0.2, 0) is 6.54 Å². The number of rotatable bonds is 5. The van der Waals surface area contributed by atoms with Crippen molar-refractivity contribution in [2.24, 2.45) is 0 Å². The molecule has 1 aromatic carbocycles. The summed E-state index contributed by atoms with van der Waals surface area (Å²) in [6.07, 6.45) is 2.18. The van der Waals surface area contributed by atoms with Crippen molar-refractivity contribution in [3.63, 3.8) is 0 Å². The van der Waals surface area contributed by atoms with Crippen molar-refractivity contribution in [2.75, 3.05) is 11.9 Å². The van der Waals surface area contributed by atoms with E-state index in [1.54, 1.807) is 0 Å². The molecule has 0 saturated heterocycles. The minimum Gasteiger partial charge on any atom is -0.354 e. The second-order valence-corrected chi connectivity index (χ2v) is 6.02. The van der Waals surface area contributed by atoms with Crippen LogP contribution in [0.2, 0.25) is 0 Å². The van der Waals surface area contributed by atoms with E-state index in [2.05, 4.69) is 25.9 Å². The highest BCUT2D eigenvalue weighted by atomic mass is 16.1. The molecule has 24 heavy (non-hydrogen) atoms. The highest BCUT2D eigenvalue weighted by molar-refractivity contribution is 5.94. The van der Waals surface area contributed by atoms with E-state index in [9.17, 15) is 4.79 Å². The van der Waals surface area contributed by atoms with Crippen molar-refractivity contribution in [3.8, 4) is 0 Å². The van der Waals surface area contributed by atoms with Crippen LogP contribution in [0.3, 0.4) is 0 Å². The highest BCUT2D eigenvalue weighted by Gasteiger charge is 2.23. The molecule has 1 aliphatic carbocycles. The average molecular weight is 323 g/mol. The zero-order valence-electron chi connectivity index (χ0n) is 13.3. The first-order valence-electron chi connectivity index (χ1n) is 7.85. The normalized spacial score (nSPS) is 13.9. The lowest BCUT2D eigenvalue weighted by Gasteiger charge is -2.17. The van der Waals surface area contributed by atoms with Crippen LogP contribution in [0, 0.1) is 0 Å². The Labute approximate surface area is 138 Å². The van der Waals surface area contributed by atoms with Crippen LogP contribution in [-0.4, -0.2) is 44.3 Å². The summed E-state index contributed by atoms with van der Waals surface area (Å²) in [7, 11) is 1.95. The summed E-state index contributed by atoms with van der Waals surface area (Å²) in [5, 5.41) is 18.6. The van der Waals surface area contributed by atoms with E-state index in [4.69, 9.17) is 0 Å². The smallest absolute Gasteiger partial charge is 0.251 e. The number of hydrogen-bond acceptors (Lipinski definition) is 6. The minimum atomic E-state index is 0.00297. The third kappa shape index (κ3) is 3.03. The fourth-order valence-electron chi connectivity index (χ4n) is 2.46. The van der Waals surface area contributed by atoms with Crippen LogP contribution < -0.4 is 10.2 Å². The predicted molar refractivity (Wildman–Crippen MR) is 87.6 cm³/mol. The second-order valence-electron chi connectivity index (χ2n) is 6.02. The van der Waals surface area contributed by atoms with Gasteiger partial charge in [0, 0.05) is 25.2 Å². The van der Waals surface area contributed by atoms with Gasteiger partial charge in [-0.2, -0.15) is 0 Å². The Morgan fingerprint density at radius 1 is 1.25 bits per heavy atom. The number of benzene rings is 1. The van der Waals surface area contributed by atoms with Crippen LogP contribution in [0.5, 0.6) is 0 Å². The molecule has 122 valence electrons. The van der Waals surface area contributed by atoms with E-state index >= 15 is 0 Å². The first kappa shape index (κ1) is 14.6. The summed E-state index contributed by atoms with van der Waals surface area (Å²) < 4.78 is 1.40. The summed E-state index contributed by atoms with van der Waals surface area (Å²) in [5.74, 6) is 0.772. The quantitative estimate of drug-likeness (QED) is 0.755. The van der Waals surface area contributed by atoms with Gasteiger partial charge in [-0.25, -0.2) is 0 Å². The van der Waals surface area contributed by atoms with Gasteiger partial charge in [-0.05, 0) is 53.1 Å². The Balaban J connectivity index is 1.44. The van der Waals surface area contributed by atoms with E-state index in [-0.39, 0.29) is 5.91 Å². The Morgan fingerprint density at radius 3 is 2.79 bits per heavy atom. The van der Waals surface area contributed by atoms with Crippen molar-refractivity contribution in [1.29, 1.82) is 0 Å². The lowest BCUT2D eigenvalue weighted by Crippen LogP contribution is -2.25. The number of carbonyl (C=O) groups excluding carboxylic acids is 1. The third-order valence-corrected chi connectivity index (χ3v) is 4.00. The molecule has 1 aliphatic rings. The SMILES string of the molecule is CN(Cc1ccc(C(=O)NC2CC2)cc1)c1ccc2nnnn2n1. The molecule has 1 N–H and O–H groups in total. The number of hydrogen-bond donors (Lipinski definition) is 1. The molecule has 0 atom stereocenters. The molecule has 4 rings (SSSR count). The van der Waals surface area contributed by atoms with Gasteiger partial charge in [0.15, 0.2) is 11.5 Å². The highest BCUT2D eigenvalue weighted by Crippen LogP contribution is 2.19. The molecule has 0 bridgehead atoms. The number of amides is 1. The summed E-state index contributed by atoms with van der Waals surface area (Å²) in [6.45, 7) is 0.672. The number of aromatic nitrogens is 5. The van der Waals surface area contributed by atoms with Gasteiger partial charge < -0.3 is 10.2 Å². The van der Waals surface area contributed by atoms with E-state index in [0.717, 1.165) is 24.2 Å². The fourth-order valence-corrected chi connectivity index (χ4v) is 2.46. The summed E-state index contributed by atoms with van der Waals surface area (Å²) in [6, 6.07) is 11.7. The molecular formula is C16H17N7O. The maximum Gasteiger partial charge on any atom is 0.251 e. The van der Waals surface area contributed by atoms with Crippen LogP contribution in [0.1, 0.15) is 28.8 Å². The molecule has 0 unspecified atom stereocenters. The van der Waals surface area contributed by atoms with Crippen molar-refractivity contribution in [2.45, 2.75) is 25.4 Å². The van der Waals surface area contributed by atoms with E-state index < -0.39 is 0 Å². The number of carbonyl (C=O) groups is 1. The van der Waals surface area contributed by atoms with Crippen LogP contribution in [0.15, 0.2) is 36.4 Å². The molecule has 1 fully saturated rings. The topological polar surface area (TPSA) is 88.3 Å². The molecule has 8 nitrogen and oxygen atoms in total. The average Bonchev–Trinajstić information content (AvgIpc) is 3.28. The van der Waals surface area contributed by atoms with E-state index in [0.29, 0.717) is 23.8 Å². The summed E-state index contributed by atoms with van der Waals surface area (Å²) >= 11 is 0. The third-order valence-electron chi connectivity index (χ3n) is 4.00. The standard InChI is InChI=1S/C16H17N7O/c1-22(15-9-8-14-18-20-21-23(14)19-15)10-11-2-4-12(5-3-11)16(24)17-13-6-7-13/h2-5,8-9,13H,6-7,10H2,1H3,(H,17,24). The number of tetrazole rings is 1. The van der Waals surface area contributed by atoms with Gasteiger partial charge >= 0.3 is 0 Å². The van der Waals surface area contributed by atoms with E-state index in [1.807, 2.05) is 48.3 Å². The molecule has 3 aromatic rings. The molecule has 2 aromatic heterocycles. The predicted octanol–water partition coefficient (Wildman–Crippen LogP) is 1.05. The van der Waals surface area contributed by atoms with E-state index in [1.165, 1.54) is 4.63 Å². The van der Waals surface area contributed by atoms with Crippen molar-refractivity contribution < 1.29 is 4.79 Å². The molecule has 1 amide bonds. The maximum absolute atomic E-state index is 12.0. The van der Waals surface area contributed by atoms with Crippen LogP contribution >= 0.6 is 0 Å². The van der Waals surface area contributed by atoms with Crippen molar-refractivity contribution in [3.05, 3.63) is 47.5 Å². The first-order valence-corrected chi connectivity index (χ1v) is 7.85. The van der Waals surface area contributed by atoms with Gasteiger partial charge in [-0.15, -0.1) is 14.8 Å². The molecule has 1 saturated carbocycles. The van der Waals surface area contributed by atoms with Crippen LogP contribution in [0.4, 0.5) is 5.82 Å². The largest absolute Gasteiger partial charge is 0.354 e. The number of fused-ring (bicyclic) bond motifs is 1. The second kappa shape index (κ2) is 5.88. The lowest BCUT2D eigenvalue weighted by molar-refractivity contribution is 0.0951. The Bertz CT molecular complexity index is 870. The summed E-state index contributed by atoms with van der Waals surface area (Å²) in [5.41, 5.74) is 2.40. The van der Waals surface area contributed by atoms with Gasteiger partial charge in [-0.3, -0.25) is 4.79 Å². The molecule has 2 heterocycles. The fraction of sp³-hybridized carbons (Fsp3) is 0.312. The molecule has 0 aliphatic heterocycles. The van der Waals surface area contributed by atoms with Crippen LogP contribution in [0.25, 0.3) is 5.65 Å². The van der Waals surface area contributed by atoms with Gasteiger partial charge in [0.05, 0.1) is 0 Å². The van der Waals surface area contributed by atoms with Gasteiger partial charge in [0.1, 0.15) is 0 Å². The zero-order chi connectivity index (χ0) is 16.5. The number of nitrogens with zero attached hydrogens (tertiary/aromatic N) is 6. The minimum absolute atomic E-state index is 0.00297. The van der Waals surface area contributed by atoms with Gasteiger partial charge in [0.25, 0.3) is 5.91 Å². The Kier molecular flexibility index (Phi) is 3.56. The lowest BCUT2D eigenvalue weighted by atomic mass is 10.1. The monoisotopic (exact) mass is 323 g/mol. The maximum atomic E-state index is 12.0. The van der Waals surface area contributed by atoms with Gasteiger partial charge in [-0.1, -0.05) is 12.1 Å². The van der Waals surface area contributed by atoms with Crippen molar-refractivity contribution in [1.82, 2.24) is 30.6 Å². The first-order chi connectivity index (χ1) is 11.7. The summed E-state index contributed by atoms with van der Waals surface area (Å²) in [4.78, 5) is 14.0. The Hall–Kier alpha value is -3.03. The Morgan fingerprint density at radius 2 is 2.04 bits per heavy atom. The number of nitrogens with one attached hydrogen (secondary N) is 1. The molecule has 8 heteroatoms. The number of anilines is 1. The van der Waals surface area contributed by atoms with Gasteiger partial charge in [0.2, 0.25) is 0 Å². The van der Waals surface area contributed by atoms with Crippen molar-refractivity contribution >= 4 is 17.4 Å². The molecular weight excluding hydrogens is 306 g/mol.